The molecule has 2 nitrogen and oxygen atoms in total. The van der Waals surface area contributed by atoms with Crippen LogP contribution in [0.1, 0.15) is 42.1 Å². The highest BCUT2D eigenvalue weighted by Gasteiger charge is 2.11. The van der Waals surface area contributed by atoms with Crippen molar-refractivity contribution in [3.05, 3.63) is 52.0 Å². The monoisotopic (exact) mass is 274 g/mol. The zero-order valence-electron chi connectivity index (χ0n) is 11.7. The number of nitrogens with one attached hydrogen (secondary N) is 1. The molecule has 1 atom stereocenters. The minimum atomic E-state index is 0.436. The molecule has 102 valence electrons. The topological polar surface area (TPSA) is 24.9 Å². The molecule has 0 bridgehead atoms. The third-order valence-electron chi connectivity index (χ3n) is 3.16. The molecule has 1 aromatic heterocycles. The number of aryl methyl sites for hydroxylation is 2. The molecule has 0 radical (unpaired) electrons. The molecule has 0 saturated heterocycles. The van der Waals surface area contributed by atoms with Gasteiger partial charge in [0.25, 0.3) is 0 Å². The van der Waals surface area contributed by atoms with Crippen molar-refractivity contribution in [2.24, 2.45) is 0 Å². The summed E-state index contributed by atoms with van der Waals surface area (Å²) in [5.74, 6) is 0. The number of hydrogen-bond donors (Lipinski definition) is 1. The lowest BCUT2D eigenvalue weighted by molar-refractivity contribution is 0.499. The molecule has 2 rings (SSSR count). The fraction of sp³-hybridized carbons (Fsp3) is 0.438. The van der Waals surface area contributed by atoms with E-state index in [0.29, 0.717) is 6.04 Å². The van der Waals surface area contributed by atoms with Crippen LogP contribution in [0.5, 0.6) is 0 Å². The van der Waals surface area contributed by atoms with Crippen LogP contribution in [-0.4, -0.2) is 11.5 Å². The van der Waals surface area contributed by atoms with Crippen LogP contribution in [0, 0.1) is 6.92 Å². The van der Waals surface area contributed by atoms with Gasteiger partial charge in [0.05, 0.1) is 5.01 Å². The molecular weight excluding hydrogens is 252 g/mol. The summed E-state index contributed by atoms with van der Waals surface area (Å²) in [5, 5.41) is 7.02. The van der Waals surface area contributed by atoms with Gasteiger partial charge in [0.1, 0.15) is 0 Å². The van der Waals surface area contributed by atoms with Gasteiger partial charge >= 0.3 is 0 Å². The Balaban J connectivity index is 1.97. The van der Waals surface area contributed by atoms with Crippen LogP contribution in [0.25, 0.3) is 0 Å². The fourth-order valence-electron chi connectivity index (χ4n) is 2.18. The summed E-state index contributed by atoms with van der Waals surface area (Å²) in [6.07, 6.45) is 3.32. The molecule has 0 amide bonds. The summed E-state index contributed by atoms with van der Waals surface area (Å²) in [4.78, 5) is 4.55. The smallest absolute Gasteiger partial charge is 0.0928 e. The van der Waals surface area contributed by atoms with E-state index in [4.69, 9.17) is 0 Å². The molecule has 0 saturated carbocycles. The zero-order chi connectivity index (χ0) is 13.5. The Morgan fingerprint density at radius 2 is 2.05 bits per heavy atom. The normalized spacial score (nSPS) is 12.5. The van der Waals surface area contributed by atoms with Crippen molar-refractivity contribution in [3.8, 4) is 0 Å². The van der Waals surface area contributed by atoms with Crippen molar-refractivity contribution in [1.29, 1.82) is 0 Å². The van der Waals surface area contributed by atoms with Gasteiger partial charge in [-0.05, 0) is 31.9 Å². The SMILES string of the molecule is CCCNC(CCc1nc(C)cs1)c1ccccc1. The van der Waals surface area contributed by atoms with Crippen molar-refractivity contribution in [2.45, 2.75) is 39.2 Å². The maximum atomic E-state index is 4.55. The van der Waals surface area contributed by atoms with E-state index in [2.05, 4.69) is 59.9 Å². The van der Waals surface area contributed by atoms with E-state index in [0.717, 1.165) is 25.1 Å². The quantitative estimate of drug-likeness (QED) is 0.821. The molecule has 3 heteroatoms. The summed E-state index contributed by atoms with van der Waals surface area (Å²) in [6, 6.07) is 11.2. The number of thiazole rings is 1. The second-order valence-electron chi connectivity index (χ2n) is 4.84. The largest absolute Gasteiger partial charge is 0.310 e. The molecule has 1 N–H and O–H groups in total. The number of hydrogen-bond acceptors (Lipinski definition) is 3. The van der Waals surface area contributed by atoms with Crippen molar-refractivity contribution >= 4 is 11.3 Å². The van der Waals surface area contributed by atoms with Crippen LogP contribution >= 0.6 is 11.3 Å². The van der Waals surface area contributed by atoms with Crippen molar-refractivity contribution in [1.82, 2.24) is 10.3 Å². The predicted octanol–water partition coefficient (Wildman–Crippen LogP) is 4.13. The third kappa shape index (κ3) is 4.44. The summed E-state index contributed by atoms with van der Waals surface area (Å²) in [5.41, 5.74) is 2.52. The minimum Gasteiger partial charge on any atom is -0.310 e. The average molecular weight is 274 g/mol. The summed E-state index contributed by atoms with van der Waals surface area (Å²) >= 11 is 1.77. The van der Waals surface area contributed by atoms with E-state index in [1.807, 2.05) is 0 Å². The van der Waals surface area contributed by atoms with E-state index in [1.165, 1.54) is 17.0 Å². The summed E-state index contributed by atoms with van der Waals surface area (Å²) in [6.45, 7) is 5.33. The second kappa shape index (κ2) is 7.41. The van der Waals surface area contributed by atoms with E-state index >= 15 is 0 Å². The minimum absolute atomic E-state index is 0.436. The Morgan fingerprint density at radius 3 is 2.68 bits per heavy atom. The Kier molecular flexibility index (Phi) is 5.55. The van der Waals surface area contributed by atoms with Gasteiger partial charge in [0, 0.05) is 23.5 Å². The fourth-order valence-corrected chi connectivity index (χ4v) is 2.97. The van der Waals surface area contributed by atoms with Gasteiger partial charge < -0.3 is 5.32 Å². The van der Waals surface area contributed by atoms with Gasteiger partial charge in [0.15, 0.2) is 0 Å². The Bertz CT molecular complexity index is 479. The van der Waals surface area contributed by atoms with E-state index < -0.39 is 0 Å². The molecule has 1 heterocycles. The second-order valence-corrected chi connectivity index (χ2v) is 5.78. The average Bonchev–Trinajstić information content (AvgIpc) is 2.86. The van der Waals surface area contributed by atoms with Crippen molar-refractivity contribution in [2.75, 3.05) is 6.54 Å². The first-order valence-electron chi connectivity index (χ1n) is 6.99. The Hall–Kier alpha value is -1.19. The molecule has 0 aliphatic heterocycles. The molecule has 1 aromatic carbocycles. The van der Waals surface area contributed by atoms with Gasteiger partial charge in [-0.2, -0.15) is 0 Å². The van der Waals surface area contributed by atoms with E-state index in [1.54, 1.807) is 11.3 Å². The highest BCUT2D eigenvalue weighted by Crippen LogP contribution is 2.20. The van der Waals surface area contributed by atoms with Crippen LogP contribution in [-0.2, 0) is 6.42 Å². The summed E-state index contributed by atoms with van der Waals surface area (Å²) in [7, 11) is 0. The molecule has 19 heavy (non-hydrogen) atoms. The molecule has 0 fully saturated rings. The van der Waals surface area contributed by atoms with Crippen LogP contribution in [0.15, 0.2) is 35.7 Å². The first kappa shape index (κ1) is 14.2. The molecule has 2 aromatic rings. The number of benzene rings is 1. The van der Waals surface area contributed by atoms with Crippen LogP contribution in [0.2, 0.25) is 0 Å². The van der Waals surface area contributed by atoms with Crippen molar-refractivity contribution < 1.29 is 0 Å². The lowest BCUT2D eigenvalue weighted by Crippen LogP contribution is -2.22. The Morgan fingerprint density at radius 1 is 1.26 bits per heavy atom. The van der Waals surface area contributed by atoms with Gasteiger partial charge in [-0.25, -0.2) is 4.98 Å². The highest BCUT2D eigenvalue weighted by atomic mass is 32.1. The van der Waals surface area contributed by atoms with Gasteiger partial charge in [-0.15, -0.1) is 11.3 Å². The van der Waals surface area contributed by atoms with Crippen molar-refractivity contribution in [3.63, 3.8) is 0 Å². The first-order valence-corrected chi connectivity index (χ1v) is 7.87. The molecule has 0 spiro atoms. The molecule has 0 aliphatic rings. The maximum absolute atomic E-state index is 4.55. The first-order chi connectivity index (χ1) is 9.29. The Labute approximate surface area is 119 Å². The number of nitrogens with zero attached hydrogens (tertiary/aromatic N) is 1. The number of rotatable bonds is 7. The van der Waals surface area contributed by atoms with E-state index in [9.17, 15) is 0 Å². The molecule has 1 unspecified atom stereocenters. The van der Waals surface area contributed by atoms with Gasteiger partial charge in [0.2, 0.25) is 0 Å². The lowest BCUT2D eigenvalue weighted by atomic mass is 10.0. The standard InChI is InChI=1S/C16H22N2S/c1-3-11-17-15(14-7-5-4-6-8-14)9-10-16-18-13(2)12-19-16/h4-8,12,15,17H,3,9-11H2,1-2H3. The molecular formula is C16H22N2S. The molecule has 0 aliphatic carbocycles. The van der Waals surface area contributed by atoms with Crippen LogP contribution in [0.3, 0.4) is 0 Å². The maximum Gasteiger partial charge on any atom is 0.0928 e. The lowest BCUT2D eigenvalue weighted by Gasteiger charge is -2.18. The third-order valence-corrected chi connectivity index (χ3v) is 4.18. The highest BCUT2D eigenvalue weighted by molar-refractivity contribution is 7.09. The number of aromatic nitrogens is 1. The zero-order valence-corrected chi connectivity index (χ0v) is 12.5. The summed E-state index contributed by atoms with van der Waals surface area (Å²) < 4.78 is 0. The van der Waals surface area contributed by atoms with Gasteiger partial charge in [-0.3, -0.25) is 0 Å². The van der Waals surface area contributed by atoms with Gasteiger partial charge in [-0.1, -0.05) is 37.3 Å². The van der Waals surface area contributed by atoms with E-state index in [-0.39, 0.29) is 0 Å². The van der Waals surface area contributed by atoms with Crippen LogP contribution < -0.4 is 5.32 Å². The van der Waals surface area contributed by atoms with Crippen LogP contribution in [0.4, 0.5) is 0 Å². The predicted molar refractivity (Wildman–Crippen MR) is 82.6 cm³/mol.